The van der Waals surface area contributed by atoms with E-state index in [-0.39, 0.29) is 24.2 Å². The minimum absolute atomic E-state index is 0.0697. The monoisotopic (exact) mass is 389 g/mol. The van der Waals surface area contributed by atoms with Crippen molar-refractivity contribution in [2.45, 2.75) is 50.5 Å². The van der Waals surface area contributed by atoms with E-state index >= 15 is 0 Å². The summed E-state index contributed by atoms with van der Waals surface area (Å²) in [5.74, 6) is -0.545. The summed E-state index contributed by atoms with van der Waals surface area (Å²) in [6.45, 7) is 4.36. The Labute approximate surface area is 166 Å². The number of likely N-dealkylation sites (tertiary alicyclic amines) is 1. The van der Waals surface area contributed by atoms with Gasteiger partial charge in [-0.2, -0.15) is 0 Å². The number of nitrogens with zero attached hydrogens (tertiary/aromatic N) is 3. The fourth-order valence-corrected chi connectivity index (χ4v) is 4.93. The fourth-order valence-electron chi connectivity index (χ4n) is 4.73. The number of hydrogen-bond donors (Lipinski definition) is 0. The van der Waals surface area contributed by atoms with Gasteiger partial charge in [-0.25, -0.2) is 0 Å². The maximum Gasteiger partial charge on any atom is 0.238 e. The number of carbonyl (C=O) groups is 2. The largest absolute Gasteiger partial charge is 0.298 e. The Bertz CT molecular complexity index is 696. The van der Waals surface area contributed by atoms with Crippen LogP contribution in [-0.2, 0) is 9.59 Å². The molecule has 1 atom stereocenters. The summed E-state index contributed by atoms with van der Waals surface area (Å²) in [6.07, 6.45) is 6.98. The Balaban J connectivity index is 1.33. The van der Waals surface area contributed by atoms with Crippen LogP contribution in [0.25, 0.3) is 0 Å². The van der Waals surface area contributed by atoms with Gasteiger partial charge in [-0.3, -0.25) is 24.3 Å². The molecule has 0 spiro atoms. The minimum atomic E-state index is -0.389. The van der Waals surface area contributed by atoms with E-state index in [2.05, 4.69) is 9.80 Å². The number of benzene rings is 1. The second kappa shape index (κ2) is 8.29. The molecular weight excluding hydrogens is 362 g/mol. The first kappa shape index (κ1) is 18.9. The normalized spacial score (nSPS) is 26.1. The first-order valence-corrected chi connectivity index (χ1v) is 10.6. The van der Waals surface area contributed by atoms with Crippen LogP contribution in [0.5, 0.6) is 0 Å². The number of halogens is 1. The van der Waals surface area contributed by atoms with Crippen molar-refractivity contribution >= 4 is 23.4 Å². The van der Waals surface area contributed by atoms with Gasteiger partial charge in [-0.1, -0.05) is 43.0 Å². The van der Waals surface area contributed by atoms with Crippen LogP contribution in [0.4, 0.5) is 0 Å². The smallest absolute Gasteiger partial charge is 0.238 e. The van der Waals surface area contributed by atoms with Gasteiger partial charge in [0.15, 0.2) is 0 Å². The Morgan fingerprint density at radius 2 is 1.74 bits per heavy atom. The van der Waals surface area contributed by atoms with E-state index in [1.54, 1.807) is 12.1 Å². The number of rotatable bonds is 4. The van der Waals surface area contributed by atoms with Crippen LogP contribution >= 0.6 is 11.6 Å². The van der Waals surface area contributed by atoms with Crippen LogP contribution in [0.2, 0.25) is 5.02 Å². The van der Waals surface area contributed by atoms with E-state index in [0.717, 1.165) is 37.8 Å². The molecular formula is C21H28ClN3O2. The number of carbonyl (C=O) groups excluding carboxylic acids is 2. The highest BCUT2D eigenvalue weighted by atomic mass is 35.5. The van der Waals surface area contributed by atoms with Gasteiger partial charge in [0.1, 0.15) is 0 Å². The molecule has 27 heavy (non-hydrogen) atoms. The van der Waals surface area contributed by atoms with Crippen LogP contribution in [0, 0.1) is 0 Å². The predicted molar refractivity (Wildman–Crippen MR) is 106 cm³/mol. The van der Waals surface area contributed by atoms with Gasteiger partial charge in [0.2, 0.25) is 11.8 Å². The van der Waals surface area contributed by atoms with Crippen molar-refractivity contribution in [1.29, 1.82) is 0 Å². The maximum atomic E-state index is 12.8. The van der Waals surface area contributed by atoms with Crippen molar-refractivity contribution in [2.75, 3.05) is 32.8 Å². The zero-order valence-electron chi connectivity index (χ0n) is 15.8. The molecule has 2 heterocycles. The van der Waals surface area contributed by atoms with Gasteiger partial charge in [0.05, 0.1) is 12.6 Å². The lowest BCUT2D eigenvalue weighted by atomic mass is 9.94. The summed E-state index contributed by atoms with van der Waals surface area (Å²) in [5.41, 5.74) is 0.838. The molecule has 3 fully saturated rings. The van der Waals surface area contributed by atoms with Crippen LogP contribution in [0.1, 0.15) is 50.0 Å². The fraction of sp³-hybridized carbons (Fsp3) is 0.619. The zero-order valence-corrected chi connectivity index (χ0v) is 16.5. The number of hydrogen-bond acceptors (Lipinski definition) is 4. The van der Waals surface area contributed by atoms with Gasteiger partial charge in [0, 0.05) is 43.7 Å². The lowest BCUT2D eigenvalue weighted by molar-refractivity contribution is -0.141. The summed E-state index contributed by atoms with van der Waals surface area (Å²) < 4.78 is 0. The molecule has 2 amide bonds. The van der Waals surface area contributed by atoms with Crippen molar-refractivity contribution in [1.82, 2.24) is 14.7 Å². The molecule has 1 unspecified atom stereocenters. The van der Waals surface area contributed by atoms with E-state index in [9.17, 15) is 9.59 Å². The molecule has 0 bridgehead atoms. The van der Waals surface area contributed by atoms with Gasteiger partial charge in [0.25, 0.3) is 0 Å². The highest BCUT2D eigenvalue weighted by molar-refractivity contribution is 6.30. The topological polar surface area (TPSA) is 43.9 Å². The molecule has 1 aromatic carbocycles. The van der Waals surface area contributed by atoms with E-state index in [1.165, 1.54) is 37.0 Å². The number of imide groups is 1. The molecule has 0 aromatic heterocycles. The molecule has 5 nitrogen and oxygen atoms in total. The standard InChI is InChI=1S/C21H28ClN3O2/c22-17-6-4-5-16(13-17)19-14-20(26)25(21(19)27)15-23-9-11-24(12-10-23)18-7-2-1-3-8-18/h4-6,13,18-19H,1-3,7-12,14-15H2. The molecule has 3 aliphatic rings. The molecule has 4 rings (SSSR count). The van der Waals surface area contributed by atoms with Crippen LogP contribution in [-0.4, -0.2) is 65.4 Å². The summed E-state index contributed by atoms with van der Waals surface area (Å²) in [5, 5.41) is 0.602. The average Bonchev–Trinajstić information content (AvgIpc) is 2.97. The SMILES string of the molecule is O=C1CC(c2cccc(Cl)c2)C(=O)N1CN1CCN(C2CCCCC2)CC1. The summed E-state index contributed by atoms with van der Waals surface area (Å²) in [6, 6.07) is 8.04. The highest BCUT2D eigenvalue weighted by Crippen LogP contribution is 2.31. The first-order chi connectivity index (χ1) is 13.1. The van der Waals surface area contributed by atoms with Gasteiger partial charge in [-0.05, 0) is 30.5 Å². The molecule has 1 saturated carbocycles. The third-order valence-corrected chi connectivity index (χ3v) is 6.57. The maximum absolute atomic E-state index is 12.8. The molecule has 2 saturated heterocycles. The Morgan fingerprint density at radius 3 is 2.44 bits per heavy atom. The minimum Gasteiger partial charge on any atom is -0.298 e. The summed E-state index contributed by atoms with van der Waals surface area (Å²) in [7, 11) is 0. The summed E-state index contributed by atoms with van der Waals surface area (Å²) >= 11 is 6.05. The second-order valence-corrected chi connectivity index (χ2v) is 8.50. The summed E-state index contributed by atoms with van der Waals surface area (Å²) in [4.78, 5) is 31.6. The average molecular weight is 390 g/mol. The molecule has 6 heteroatoms. The van der Waals surface area contributed by atoms with Gasteiger partial charge >= 0.3 is 0 Å². The third-order valence-electron chi connectivity index (χ3n) is 6.33. The molecule has 0 N–H and O–H groups in total. The predicted octanol–water partition coefficient (Wildman–Crippen LogP) is 3.09. The quantitative estimate of drug-likeness (QED) is 0.742. The molecule has 0 radical (unpaired) electrons. The zero-order chi connectivity index (χ0) is 18.8. The number of piperazine rings is 1. The molecule has 1 aromatic rings. The van der Waals surface area contributed by atoms with E-state index in [0.29, 0.717) is 11.7 Å². The van der Waals surface area contributed by atoms with Crippen molar-refractivity contribution in [2.24, 2.45) is 0 Å². The van der Waals surface area contributed by atoms with Crippen LogP contribution in [0.15, 0.2) is 24.3 Å². The van der Waals surface area contributed by atoms with Crippen LogP contribution in [0.3, 0.4) is 0 Å². The molecule has 146 valence electrons. The van der Waals surface area contributed by atoms with E-state index < -0.39 is 0 Å². The lowest BCUT2D eigenvalue weighted by Gasteiger charge is -2.41. The van der Waals surface area contributed by atoms with Crippen molar-refractivity contribution in [3.05, 3.63) is 34.9 Å². The lowest BCUT2D eigenvalue weighted by Crippen LogP contribution is -2.53. The third kappa shape index (κ3) is 4.20. The second-order valence-electron chi connectivity index (χ2n) is 8.06. The van der Waals surface area contributed by atoms with Crippen molar-refractivity contribution in [3.8, 4) is 0 Å². The van der Waals surface area contributed by atoms with Crippen molar-refractivity contribution < 1.29 is 9.59 Å². The van der Waals surface area contributed by atoms with E-state index in [1.807, 2.05) is 12.1 Å². The molecule has 2 aliphatic heterocycles. The number of amides is 2. The highest BCUT2D eigenvalue weighted by Gasteiger charge is 2.40. The van der Waals surface area contributed by atoms with E-state index in [4.69, 9.17) is 11.6 Å². The van der Waals surface area contributed by atoms with Gasteiger partial charge < -0.3 is 0 Å². The van der Waals surface area contributed by atoms with Gasteiger partial charge in [-0.15, -0.1) is 0 Å². The first-order valence-electron chi connectivity index (χ1n) is 10.2. The van der Waals surface area contributed by atoms with Crippen LogP contribution < -0.4 is 0 Å². The Kier molecular flexibility index (Phi) is 5.81. The Hall–Kier alpha value is -1.43. The molecule has 1 aliphatic carbocycles. The van der Waals surface area contributed by atoms with Crippen molar-refractivity contribution in [3.63, 3.8) is 0 Å². The Morgan fingerprint density at radius 1 is 1.00 bits per heavy atom.